The van der Waals surface area contributed by atoms with Gasteiger partial charge in [0.25, 0.3) is 0 Å². The first-order chi connectivity index (χ1) is 15.6. The number of rotatable bonds is 13. The van der Waals surface area contributed by atoms with E-state index in [1.165, 1.54) is 0 Å². The van der Waals surface area contributed by atoms with Gasteiger partial charge in [-0.25, -0.2) is 0 Å². The maximum absolute atomic E-state index is 11.1. The van der Waals surface area contributed by atoms with E-state index in [0.29, 0.717) is 32.8 Å². The molecule has 0 aliphatic carbocycles. The molecule has 0 fully saturated rings. The average molecular weight is 437 g/mol. The van der Waals surface area contributed by atoms with Crippen molar-refractivity contribution in [2.24, 2.45) is 0 Å². The zero-order valence-corrected chi connectivity index (χ0v) is 18.0. The summed E-state index contributed by atoms with van der Waals surface area (Å²) >= 11 is 0. The summed E-state index contributed by atoms with van der Waals surface area (Å²) in [5, 5.41) is 13.7. The molecule has 3 aromatic rings. The van der Waals surface area contributed by atoms with E-state index in [2.05, 4.69) is 5.32 Å². The van der Waals surface area contributed by atoms with Crippen LogP contribution in [-0.4, -0.2) is 51.0 Å². The highest BCUT2D eigenvalue weighted by Gasteiger charge is 2.15. The van der Waals surface area contributed by atoms with E-state index < -0.39 is 12.0 Å². The number of hydrogen-bond donors (Lipinski definition) is 2. The maximum Gasteiger partial charge on any atom is 0.305 e. The van der Waals surface area contributed by atoms with E-state index in [9.17, 15) is 9.59 Å². The molecule has 0 saturated heterocycles. The normalized spacial score (nSPS) is 11.8. The van der Waals surface area contributed by atoms with Gasteiger partial charge in [0.2, 0.25) is 6.41 Å². The SMILES string of the molecule is COCCOCCOc1ccc(-c2ccc(C(CC(=O)O)NC=O)cc2)c2ccccc12. The number of aliphatic carboxylic acids is 1. The Morgan fingerprint density at radius 3 is 2.38 bits per heavy atom. The molecule has 0 aliphatic rings. The quantitative estimate of drug-likeness (QED) is 0.312. The van der Waals surface area contributed by atoms with Crippen LogP contribution in [0.15, 0.2) is 60.7 Å². The minimum atomic E-state index is -0.973. The number of nitrogens with one attached hydrogen (secondary N) is 1. The Morgan fingerprint density at radius 1 is 0.969 bits per heavy atom. The van der Waals surface area contributed by atoms with Crippen molar-refractivity contribution in [1.82, 2.24) is 5.32 Å². The first-order valence-electron chi connectivity index (χ1n) is 10.4. The minimum Gasteiger partial charge on any atom is -0.491 e. The second kappa shape index (κ2) is 11.8. The lowest BCUT2D eigenvalue weighted by Gasteiger charge is -2.16. The van der Waals surface area contributed by atoms with Gasteiger partial charge in [-0.15, -0.1) is 0 Å². The van der Waals surface area contributed by atoms with Crippen molar-refractivity contribution in [3.05, 3.63) is 66.2 Å². The third-order valence-electron chi connectivity index (χ3n) is 5.07. The molecule has 0 saturated carbocycles. The molecule has 0 radical (unpaired) electrons. The Labute approximate surface area is 186 Å². The van der Waals surface area contributed by atoms with Gasteiger partial charge in [-0.05, 0) is 28.1 Å². The fourth-order valence-corrected chi connectivity index (χ4v) is 3.53. The van der Waals surface area contributed by atoms with Crippen molar-refractivity contribution >= 4 is 23.2 Å². The number of fused-ring (bicyclic) bond motifs is 1. The summed E-state index contributed by atoms with van der Waals surface area (Å²) in [5.74, 6) is -0.188. The molecule has 3 rings (SSSR count). The molecule has 1 atom stereocenters. The van der Waals surface area contributed by atoms with Gasteiger partial charge < -0.3 is 24.6 Å². The van der Waals surface area contributed by atoms with Gasteiger partial charge in [0.05, 0.1) is 32.3 Å². The van der Waals surface area contributed by atoms with Gasteiger partial charge in [-0.2, -0.15) is 0 Å². The standard InChI is InChI=1S/C25H27NO6/c1-30-12-13-31-14-15-32-24-11-10-20(21-4-2-3-5-22(21)24)18-6-8-19(9-7-18)23(26-17-27)16-25(28)29/h2-11,17,23H,12-16H2,1H3,(H,26,27)(H,28,29). The second-order valence-corrected chi connectivity index (χ2v) is 7.17. The van der Waals surface area contributed by atoms with Crippen LogP contribution >= 0.6 is 0 Å². The van der Waals surface area contributed by atoms with E-state index >= 15 is 0 Å². The Balaban J connectivity index is 1.80. The fraction of sp³-hybridized carbons (Fsp3) is 0.280. The van der Waals surface area contributed by atoms with Gasteiger partial charge in [0.1, 0.15) is 12.4 Å². The van der Waals surface area contributed by atoms with E-state index in [0.717, 1.165) is 33.2 Å². The smallest absolute Gasteiger partial charge is 0.305 e. The Hall–Kier alpha value is -3.42. The highest BCUT2D eigenvalue weighted by atomic mass is 16.5. The van der Waals surface area contributed by atoms with Gasteiger partial charge >= 0.3 is 5.97 Å². The van der Waals surface area contributed by atoms with Gasteiger partial charge in [-0.3, -0.25) is 9.59 Å². The van der Waals surface area contributed by atoms with Crippen molar-refractivity contribution in [1.29, 1.82) is 0 Å². The zero-order chi connectivity index (χ0) is 22.8. The molecule has 7 heteroatoms. The molecule has 1 amide bonds. The molecule has 0 heterocycles. The number of ether oxygens (including phenoxy) is 3. The summed E-state index contributed by atoms with van der Waals surface area (Å²) in [6.45, 7) is 2.01. The van der Waals surface area contributed by atoms with Crippen molar-refractivity contribution in [3.8, 4) is 16.9 Å². The molecule has 0 bridgehead atoms. The molecule has 7 nitrogen and oxygen atoms in total. The summed E-state index contributed by atoms with van der Waals surface area (Å²) in [6.07, 6.45) is 0.346. The van der Waals surface area contributed by atoms with Crippen LogP contribution in [0.2, 0.25) is 0 Å². The molecule has 0 aliphatic heterocycles. The summed E-state index contributed by atoms with van der Waals surface area (Å²) in [7, 11) is 1.64. The van der Waals surface area contributed by atoms with Crippen molar-refractivity contribution in [3.63, 3.8) is 0 Å². The van der Waals surface area contributed by atoms with Crippen LogP contribution in [0.3, 0.4) is 0 Å². The number of carboxylic acid groups (broad SMARTS) is 1. The predicted octanol–water partition coefficient (Wildman–Crippen LogP) is 3.81. The van der Waals surface area contributed by atoms with Crippen LogP contribution in [0.1, 0.15) is 18.0 Å². The van der Waals surface area contributed by atoms with E-state index in [1.807, 2.05) is 60.7 Å². The summed E-state index contributed by atoms with van der Waals surface area (Å²) in [6, 6.07) is 19.0. The molecule has 2 N–H and O–H groups in total. The van der Waals surface area contributed by atoms with Crippen LogP contribution < -0.4 is 10.1 Å². The zero-order valence-electron chi connectivity index (χ0n) is 18.0. The molecule has 1 unspecified atom stereocenters. The fourth-order valence-electron chi connectivity index (χ4n) is 3.53. The van der Waals surface area contributed by atoms with E-state index in [-0.39, 0.29) is 6.42 Å². The molecular weight excluding hydrogens is 410 g/mol. The van der Waals surface area contributed by atoms with Crippen molar-refractivity contribution in [2.45, 2.75) is 12.5 Å². The third-order valence-corrected chi connectivity index (χ3v) is 5.07. The summed E-state index contributed by atoms with van der Waals surface area (Å²) in [4.78, 5) is 21.9. The number of amides is 1. The minimum absolute atomic E-state index is 0.178. The molecule has 32 heavy (non-hydrogen) atoms. The lowest BCUT2D eigenvalue weighted by Crippen LogP contribution is -2.22. The Morgan fingerprint density at radius 2 is 1.69 bits per heavy atom. The third kappa shape index (κ3) is 6.06. The highest BCUT2D eigenvalue weighted by Crippen LogP contribution is 2.35. The Kier molecular flexibility index (Phi) is 8.60. The molecule has 3 aromatic carbocycles. The average Bonchev–Trinajstić information content (AvgIpc) is 2.81. The maximum atomic E-state index is 11.1. The van der Waals surface area contributed by atoms with E-state index in [1.54, 1.807) is 7.11 Å². The number of carbonyl (C=O) groups is 2. The molecule has 0 aromatic heterocycles. The number of methoxy groups -OCH3 is 1. The van der Waals surface area contributed by atoms with Crippen molar-refractivity contribution in [2.75, 3.05) is 33.5 Å². The second-order valence-electron chi connectivity index (χ2n) is 7.17. The van der Waals surface area contributed by atoms with Gasteiger partial charge in [0.15, 0.2) is 0 Å². The molecule has 168 valence electrons. The van der Waals surface area contributed by atoms with E-state index in [4.69, 9.17) is 19.3 Å². The largest absolute Gasteiger partial charge is 0.491 e. The molecule has 0 spiro atoms. The summed E-state index contributed by atoms with van der Waals surface area (Å²) in [5.41, 5.74) is 2.76. The number of hydrogen-bond acceptors (Lipinski definition) is 5. The van der Waals surface area contributed by atoms with Crippen LogP contribution in [0, 0.1) is 0 Å². The number of carboxylic acids is 1. The topological polar surface area (TPSA) is 94.1 Å². The van der Waals surface area contributed by atoms with Crippen molar-refractivity contribution < 1.29 is 28.9 Å². The van der Waals surface area contributed by atoms with Gasteiger partial charge in [0, 0.05) is 12.5 Å². The van der Waals surface area contributed by atoms with Crippen LogP contribution in [-0.2, 0) is 19.1 Å². The first-order valence-corrected chi connectivity index (χ1v) is 10.4. The Bertz CT molecular complexity index is 1030. The lowest BCUT2D eigenvalue weighted by molar-refractivity contribution is -0.137. The van der Waals surface area contributed by atoms with Crippen LogP contribution in [0.25, 0.3) is 21.9 Å². The van der Waals surface area contributed by atoms with Gasteiger partial charge in [-0.1, -0.05) is 54.6 Å². The first kappa shape index (κ1) is 23.2. The predicted molar refractivity (Wildman–Crippen MR) is 122 cm³/mol. The lowest BCUT2D eigenvalue weighted by atomic mass is 9.95. The number of benzene rings is 3. The molecular formula is C25H27NO6. The van der Waals surface area contributed by atoms with Crippen LogP contribution in [0.5, 0.6) is 5.75 Å². The van der Waals surface area contributed by atoms with Crippen LogP contribution in [0.4, 0.5) is 0 Å². The monoisotopic (exact) mass is 437 g/mol. The summed E-state index contributed by atoms with van der Waals surface area (Å²) < 4.78 is 16.4. The highest BCUT2D eigenvalue weighted by molar-refractivity contribution is 6.00. The number of carbonyl (C=O) groups excluding carboxylic acids is 1.